The SMILES string of the molecule is CCCCCCCCCCCCCCCCCCCCCC(=O)O[C@H](COC(=O)CCCCCCCCCCCCCCCCCC)COC(=O)CCCCCCCCC(C)CC. The Hall–Kier alpha value is -1.59. The lowest BCUT2D eigenvalue weighted by Crippen LogP contribution is -2.30. The highest BCUT2D eigenvalue weighted by molar-refractivity contribution is 5.71. The first-order valence-corrected chi connectivity index (χ1v) is 28.4. The van der Waals surface area contributed by atoms with Gasteiger partial charge in [0, 0.05) is 19.3 Å². The molecule has 0 aromatic heterocycles. The van der Waals surface area contributed by atoms with E-state index in [2.05, 4.69) is 27.7 Å². The molecule has 0 rings (SSSR count). The van der Waals surface area contributed by atoms with Crippen molar-refractivity contribution in [2.75, 3.05) is 13.2 Å². The van der Waals surface area contributed by atoms with Gasteiger partial charge in [-0.15, -0.1) is 0 Å². The molecule has 0 N–H and O–H groups in total. The largest absolute Gasteiger partial charge is 0.462 e. The van der Waals surface area contributed by atoms with Crippen LogP contribution < -0.4 is 0 Å². The molecule has 0 saturated heterocycles. The molecule has 63 heavy (non-hydrogen) atoms. The van der Waals surface area contributed by atoms with Gasteiger partial charge in [0.05, 0.1) is 0 Å². The zero-order valence-corrected chi connectivity index (χ0v) is 43.0. The monoisotopic (exact) mass is 891 g/mol. The molecule has 0 amide bonds. The van der Waals surface area contributed by atoms with Gasteiger partial charge >= 0.3 is 17.9 Å². The van der Waals surface area contributed by atoms with E-state index in [4.69, 9.17) is 14.2 Å². The van der Waals surface area contributed by atoms with Crippen molar-refractivity contribution in [3.05, 3.63) is 0 Å². The summed E-state index contributed by atoms with van der Waals surface area (Å²) in [6, 6.07) is 0. The predicted octanol–water partition coefficient (Wildman–Crippen LogP) is 18.6. The van der Waals surface area contributed by atoms with Crippen molar-refractivity contribution in [1.82, 2.24) is 0 Å². The second-order valence-corrected chi connectivity index (χ2v) is 19.8. The van der Waals surface area contributed by atoms with Crippen LogP contribution in [0.4, 0.5) is 0 Å². The van der Waals surface area contributed by atoms with Crippen molar-refractivity contribution in [3.8, 4) is 0 Å². The normalized spacial score (nSPS) is 12.4. The molecule has 0 fully saturated rings. The van der Waals surface area contributed by atoms with Crippen molar-refractivity contribution in [2.45, 2.75) is 329 Å². The third kappa shape index (κ3) is 49.7. The third-order valence-electron chi connectivity index (χ3n) is 13.4. The van der Waals surface area contributed by atoms with E-state index >= 15 is 0 Å². The number of hydrogen-bond acceptors (Lipinski definition) is 6. The van der Waals surface area contributed by atoms with E-state index in [1.165, 1.54) is 218 Å². The summed E-state index contributed by atoms with van der Waals surface area (Å²) in [7, 11) is 0. The first-order chi connectivity index (χ1) is 30.9. The summed E-state index contributed by atoms with van der Waals surface area (Å²) >= 11 is 0. The van der Waals surface area contributed by atoms with E-state index in [0.29, 0.717) is 19.3 Å². The number of hydrogen-bond donors (Lipinski definition) is 0. The van der Waals surface area contributed by atoms with Crippen LogP contribution in [0.2, 0.25) is 0 Å². The van der Waals surface area contributed by atoms with Gasteiger partial charge < -0.3 is 14.2 Å². The molecule has 0 aliphatic heterocycles. The summed E-state index contributed by atoms with van der Waals surface area (Å²) in [5.41, 5.74) is 0. The molecular formula is C57H110O6. The lowest BCUT2D eigenvalue weighted by atomic mass is 10.00. The summed E-state index contributed by atoms with van der Waals surface area (Å²) in [6.07, 6.45) is 55.3. The van der Waals surface area contributed by atoms with Crippen LogP contribution >= 0.6 is 0 Å². The van der Waals surface area contributed by atoms with Gasteiger partial charge in [0.25, 0.3) is 0 Å². The van der Waals surface area contributed by atoms with E-state index in [9.17, 15) is 14.4 Å². The third-order valence-corrected chi connectivity index (χ3v) is 13.4. The Kier molecular flexibility index (Phi) is 50.1. The molecule has 6 nitrogen and oxygen atoms in total. The molecule has 1 unspecified atom stereocenters. The van der Waals surface area contributed by atoms with Gasteiger partial charge in [-0.05, 0) is 25.2 Å². The molecule has 0 heterocycles. The van der Waals surface area contributed by atoms with E-state index in [0.717, 1.165) is 63.7 Å². The van der Waals surface area contributed by atoms with E-state index in [1.807, 2.05) is 0 Å². The van der Waals surface area contributed by atoms with Crippen LogP contribution in [-0.2, 0) is 28.6 Å². The highest BCUT2D eigenvalue weighted by Crippen LogP contribution is 2.18. The number of carbonyl (C=O) groups excluding carboxylic acids is 3. The second kappa shape index (κ2) is 51.4. The molecule has 0 aliphatic rings. The van der Waals surface area contributed by atoms with Gasteiger partial charge in [0.1, 0.15) is 13.2 Å². The molecule has 0 radical (unpaired) electrons. The van der Waals surface area contributed by atoms with Gasteiger partial charge in [0.2, 0.25) is 0 Å². The van der Waals surface area contributed by atoms with Crippen LogP contribution in [0.3, 0.4) is 0 Å². The van der Waals surface area contributed by atoms with Crippen LogP contribution in [0.5, 0.6) is 0 Å². The number of rotatable bonds is 52. The molecular weight excluding hydrogens is 781 g/mol. The number of ether oxygens (including phenoxy) is 3. The molecule has 0 saturated carbocycles. The Bertz CT molecular complexity index is 951. The fourth-order valence-electron chi connectivity index (χ4n) is 8.72. The van der Waals surface area contributed by atoms with Crippen molar-refractivity contribution in [3.63, 3.8) is 0 Å². The first-order valence-electron chi connectivity index (χ1n) is 28.4. The Balaban J connectivity index is 4.25. The van der Waals surface area contributed by atoms with Crippen LogP contribution in [-0.4, -0.2) is 37.2 Å². The molecule has 6 heteroatoms. The summed E-state index contributed by atoms with van der Waals surface area (Å²) in [6.45, 7) is 9.02. The van der Waals surface area contributed by atoms with Gasteiger partial charge in [-0.2, -0.15) is 0 Å². The van der Waals surface area contributed by atoms with E-state index in [1.54, 1.807) is 0 Å². The lowest BCUT2D eigenvalue weighted by molar-refractivity contribution is -0.167. The Labute approximate surface area is 393 Å². The number of esters is 3. The molecule has 0 aliphatic carbocycles. The maximum Gasteiger partial charge on any atom is 0.306 e. The van der Waals surface area contributed by atoms with E-state index < -0.39 is 6.10 Å². The van der Waals surface area contributed by atoms with E-state index in [-0.39, 0.29) is 31.1 Å². The number of carbonyl (C=O) groups is 3. The maximum absolute atomic E-state index is 12.8. The van der Waals surface area contributed by atoms with Crippen LogP contribution in [0.1, 0.15) is 323 Å². The van der Waals surface area contributed by atoms with Gasteiger partial charge in [-0.3, -0.25) is 14.4 Å². The molecule has 2 atom stereocenters. The average molecular weight is 892 g/mol. The topological polar surface area (TPSA) is 78.9 Å². The molecule has 0 spiro atoms. The highest BCUT2D eigenvalue weighted by atomic mass is 16.6. The van der Waals surface area contributed by atoms with Crippen LogP contribution in [0.25, 0.3) is 0 Å². The Morgan fingerprint density at radius 1 is 0.317 bits per heavy atom. The maximum atomic E-state index is 12.8. The van der Waals surface area contributed by atoms with Crippen molar-refractivity contribution in [1.29, 1.82) is 0 Å². The smallest absolute Gasteiger partial charge is 0.306 e. The molecule has 0 aromatic rings. The average Bonchev–Trinajstić information content (AvgIpc) is 3.28. The summed E-state index contributed by atoms with van der Waals surface area (Å²) in [5, 5.41) is 0. The quantitative estimate of drug-likeness (QED) is 0.0344. The van der Waals surface area contributed by atoms with Gasteiger partial charge in [-0.25, -0.2) is 0 Å². The number of unbranched alkanes of at least 4 members (excludes halogenated alkanes) is 38. The minimum atomic E-state index is -0.762. The Morgan fingerprint density at radius 2 is 0.556 bits per heavy atom. The summed E-state index contributed by atoms with van der Waals surface area (Å²) in [4.78, 5) is 38.0. The van der Waals surface area contributed by atoms with Crippen molar-refractivity contribution >= 4 is 17.9 Å². The summed E-state index contributed by atoms with van der Waals surface area (Å²) in [5.74, 6) is -0.0273. The first kappa shape index (κ1) is 61.4. The molecule has 374 valence electrons. The zero-order valence-electron chi connectivity index (χ0n) is 43.0. The van der Waals surface area contributed by atoms with Gasteiger partial charge in [0.15, 0.2) is 6.10 Å². The second-order valence-electron chi connectivity index (χ2n) is 19.8. The fourth-order valence-corrected chi connectivity index (χ4v) is 8.72. The minimum absolute atomic E-state index is 0.0629. The van der Waals surface area contributed by atoms with Gasteiger partial charge in [-0.1, -0.05) is 285 Å². The predicted molar refractivity (Wildman–Crippen MR) is 270 cm³/mol. The van der Waals surface area contributed by atoms with Crippen molar-refractivity contribution < 1.29 is 28.6 Å². The Morgan fingerprint density at radius 3 is 0.825 bits per heavy atom. The summed E-state index contributed by atoms with van der Waals surface area (Å²) < 4.78 is 16.9. The van der Waals surface area contributed by atoms with Crippen LogP contribution in [0.15, 0.2) is 0 Å². The molecule has 0 bridgehead atoms. The van der Waals surface area contributed by atoms with Crippen molar-refractivity contribution in [2.24, 2.45) is 5.92 Å². The minimum Gasteiger partial charge on any atom is -0.462 e. The zero-order chi connectivity index (χ0) is 45.9. The standard InChI is InChI=1S/C57H110O6/c1-5-8-10-12-14-16-18-20-22-24-25-26-28-30-32-34-36-42-46-50-57(60)63-54(52-62-56(59)49-45-41-38-37-39-43-47-53(4)7-3)51-61-55(58)48-44-40-35-33-31-29-27-23-21-19-17-15-13-11-9-6-2/h53-54H,5-52H2,1-4H3/t53?,54-/m1/s1. The lowest BCUT2D eigenvalue weighted by Gasteiger charge is -2.18. The fraction of sp³-hybridized carbons (Fsp3) is 0.947. The molecule has 0 aromatic carbocycles. The van der Waals surface area contributed by atoms with Crippen LogP contribution in [0, 0.1) is 5.92 Å². The highest BCUT2D eigenvalue weighted by Gasteiger charge is 2.19.